The molecule has 1 fully saturated rings. The molecule has 3 rings (SSSR count). The standard InChI is InChI=1S/C13H12N4O4/c1-16-11(18)5-4-9(12(16)19)17-10-6-7(13(20)21)2-3-8(10)14-15-17/h2-3,6,9H,4-5H2,1H3,(H,20,21). The normalized spacial score (nSPS) is 19.3. The predicted octanol–water partition coefficient (Wildman–Crippen LogP) is 0.449. The lowest BCUT2D eigenvalue weighted by molar-refractivity contribution is -0.149. The summed E-state index contributed by atoms with van der Waals surface area (Å²) in [6, 6.07) is 3.77. The van der Waals surface area contributed by atoms with Gasteiger partial charge in [-0.1, -0.05) is 5.21 Å². The molecular weight excluding hydrogens is 276 g/mol. The first-order chi connectivity index (χ1) is 9.99. The summed E-state index contributed by atoms with van der Waals surface area (Å²) in [7, 11) is 1.43. The van der Waals surface area contributed by atoms with Crippen LogP contribution in [-0.4, -0.2) is 49.8 Å². The van der Waals surface area contributed by atoms with Gasteiger partial charge >= 0.3 is 5.97 Å². The van der Waals surface area contributed by atoms with E-state index in [1.165, 1.54) is 23.9 Å². The van der Waals surface area contributed by atoms with E-state index in [1.807, 2.05) is 0 Å². The van der Waals surface area contributed by atoms with Gasteiger partial charge < -0.3 is 5.11 Å². The number of carboxylic acid groups (broad SMARTS) is 1. The molecule has 2 amide bonds. The Kier molecular flexibility index (Phi) is 2.93. The van der Waals surface area contributed by atoms with Gasteiger partial charge in [0.25, 0.3) is 5.91 Å². The van der Waals surface area contributed by atoms with Crippen molar-refractivity contribution in [1.82, 2.24) is 19.9 Å². The smallest absolute Gasteiger partial charge is 0.335 e. The molecule has 108 valence electrons. The van der Waals surface area contributed by atoms with E-state index < -0.39 is 12.0 Å². The predicted molar refractivity (Wildman–Crippen MR) is 70.5 cm³/mol. The van der Waals surface area contributed by atoms with Gasteiger partial charge in [0.1, 0.15) is 11.6 Å². The molecule has 1 aliphatic heterocycles. The van der Waals surface area contributed by atoms with Crippen LogP contribution in [0.4, 0.5) is 0 Å². The summed E-state index contributed by atoms with van der Waals surface area (Å²) in [6.45, 7) is 0. The summed E-state index contributed by atoms with van der Waals surface area (Å²) >= 11 is 0. The summed E-state index contributed by atoms with van der Waals surface area (Å²) in [5.41, 5.74) is 1.07. The first-order valence-corrected chi connectivity index (χ1v) is 6.37. The van der Waals surface area contributed by atoms with Crippen molar-refractivity contribution in [2.24, 2.45) is 0 Å². The number of carbonyl (C=O) groups is 3. The summed E-state index contributed by atoms with van der Waals surface area (Å²) in [5, 5.41) is 16.9. The lowest BCUT2D eigenvalue weighted by atomic mass is 10.0. The molecular formula is C13H12N4O4. The lowest BCUT2D eigenvalue weighted by Gasteiger charge is -2.27. The molecule has 0 aliphatic carbocycles. The van der Waals surface area contributed by atoms with Crippen LogP contribution in [-0.2, 0) is 9.59 Å². The number of piperidine rings is 1. The largest absolute Gasteiger partial charge is 0.478 e. The van der Waals surface area contributed by atoms with Crippen LogP contribution >= 0.6 is 0 Å². The maximum absolute atomic E-state index is 12.2. The Morgan fingerprint density at radius 1 is 1.38 bits per heavy atom. The van der Waals surface area contributed by atoms with Gasteiger partial charge in [-0.2, -0.15) is 0 Å². The number of amides is 2. The first-order valence-electron chi connectivity index (χ1n) is 6.37. The number of imide groups is 1. The third kappa shape index (κ3) is 2.04. The zero-order chi connectivity index (χ0) is 15.1. The molecule has 1 N–H and O–H groups in total. The van der Waals surface area contributed by atoms with Gasteiger partial charge in [-0.05, 0) is 24.6 Å². The molecule has 2 aromatic rings. The summed E-state index contributed by atoms with van der Waals surface area (Å²) < 4.78 is 1.40. The quantitative estimate of drug-likeness (QED) is 0.804. The third-order valence-corrected chi connectivity index (χ3v) is 3.63. The van der Waals surface area contributed by atoms with Crippen LogP contribution in [0.1, 0.15) is 29.2 Å². The van der Waals surface area contributed by atoms with E-state index in [0.29, 0.717) is 17.5 Å². The molecule has 0 bridgehead atoms. The van der Waals surface area contributed by atoms with Crippen LogP contribution in [0.3, 0.4) is 0 Å². The van der Waals surface area contributed by atoms with E-state index in [0.717, 1.165) is 4.90 Å². The van der Waals surface area contributed by atoms with Gasteiger partial charge in [0.05, 0.1) is 11.1 Å². The lowest BCUT2D eigenvalue weighted by Crippen LogP contribution is -2.43. The van der Waals surface area contributed by atoms with Gasteiger partial charge in [0.15, 0.2) is 0 Å². The molecule has 1 atom stereocenters. The number of carbonyl (C=O) groups excluding carboxylic acids is 2. The fourth-order valence-corrected chi connectivity index (χ4v) is 2.42. The molecule has 8 nitrogen and oxygen atoms in total. The van der Waals surface area contributed by atoms with Gasteiger partial charge in [0, 0.05) is 13.5 Å². The van der Waals surface area contributed by atoms with Crippen molar-refractivity contribution in [1.29, 1.82) is 0 Å². The highest BCUT2D eigenvalue weighted by Gasteiger charge is 2.34. The minimum atomic E-state index is -1.06. The molecule has 21 heavy (non-hydrogen) atoms. The van der Waals surface area contributed by atoms with Gasteiger partial charge in [-0.3, -0.25) is 14.5 Å². The Hall–Kier alpha value is -2.77. The van der Waals surface area contributed by atoms with Crippen molar-refractivity contribution in [3.63, 3.8) is 0 Å². The van der Waals surface area contributed by atoms with E-state index in [2.05, 4.69) is 10.3 Å². The molecule has 1 saturated heterocycles. The molecule has 1 aromatic carbocycles. The second-order valence-corrected chi connectivity index (χ2v) is 4.89. The SMILES string of the molecule is CN1C(=O)CCC(n2nnc3ccc(C(=O)O)cc32)C1=O. The van der Waals surface area contributed by atoms with Crippen LogP contribution in [0.2, 0.25) is 0 Å². The van der Waals surface area contributed by atoms with Gasteiger partial charge in [0.2, 0.25) is 5.91 Å². The first kappa shape index (κ1) is 13.2. The van der Waals surface area contributed by atoms with Crippen molar-refractivity contribution in [2.45, 2.75) is 18.9 Å². The number of benzene rings is 1. The number of aromatic carboxylic acids is 1. The molecule has 8 heteroatoms. The van der Waals surface area contributed by atoms with Crippen LogP contribution < -0.4 is 0 Å². The van der Waals surface area contributed by atoms with E-state index in [1.54, 1.807) is 6.07 Å². The highest BCUT2D eigenvalue weighted by Crippen LogP contribution is 2.26. The van der Waals surface area contributed by atoms with Gasteiger partial charge in [-0.15, -0.1) is 5.10 Å². The highest BCUT2D eigenvalue weighted by molar-refractivity contribution is 6.00. The topological polar surface area (TPSA) is 105 Å². The minimum absolute atomic E-state index is 0.0961. The number of rotatable bonds is 2. The maximum Gasteiger partial charge on any atom is 0.335 e. The molecule has 0 spiro atoms. The molecule has 0 radical (unpaired) electrons. The number of nitrogens with zero attached hydrogens (tertiary/aromatic N) is 4. The summed E-state index contributed by atoms with van der Waals surface area (Å²) in [5.74, 6) is -1.66. The highest BCUT2D eigenvalue weighted by atomic mass is 16.4. The van der Waals surface area contributed by atoms with Crippen LogP contribution in [0.15, 0.2) is 18.2 Å². The molecule has 2 heterocycles. The fourth-order valence-electron chi connectivity index (χ4n) is 2.42. The number of hydrogen-bond donors (Lipinski definition) is 1. The van der Waals surface area contributed by atoms with E-state index in [9.17, 15) is 14.4 Å². The fraction of sp³-hybridized carbons (Fsp3) is 0.308. The second kappa shape index (κ2) is 4.65. The molecule has 1 aromatic heterocycles. The Labute approximate surface area is 118 Å². The van der Waals surface area contributed by atoms with Crippen molar-refractivity contribution < 1.29 is 19.5 Å². The van der Waals surface area contributed by atoms with Crippen LogP contribution in [0.25, 0.3) is 11.0 Å². The zero-order valence-corrected chi connectivity index (χ0v) is 11.2. The molecule has 0 saturated carbocycles. The molecule has 1 unspecified atom stereocenters. The van der Waals surface area contributed by atoms with Crippen LogP contribution in [0, 0.1) is 0 Å². The zero-order valence-electron chi connectivity index (χ0n) is 11.2. The van der Waals surface area contributed by atoms with E-state index in [-0.39, 0.29) is 23.8 Å². The Morgan fingerprint density at radius 2 is 2.14 bits per heavy atom. The van der Waals surface area contributed by atoms with E-state index >= 15 is 0 Å². The Bertz CT molecular complexity index is 767. The summed E-state index contributed by atoms with van der Waals surface area (Å²) in [6.07, 6.45) is 0.574. The third-order valence-electron chi connectivity index (χ3n) is 3.63. The Morgan fingerprint density at radius 3 is 2.86 bits per heavy atom. The minimum Gasteiger partial charge on any atom is -0.478 e. The maximum atomic E-state index is 12.2. The number of likely N-dealkylation sites (N-methyl/N-ethyl adjacent to an activating group) is 1. The monoisotopic (exact) mass is 288 g/mol. The van der Waals surface area contributed by atoms with Crippen molar-refractivity contribution >= 4 is 28.8 Å². The number of fused-ring (bicyclic) bond motifs is 1. The summed E-state index contributed by atoms with van der Waals surface area (Å²) in [4.78, 5) is 35.8. The van der Waals surface area contributed by atoms with Crippen LogP contribution in [0.5, 0.6) is 0 Å². The van der Waals surface area contributed by atoms with Crippen molar-refractivity contribution in [3.8, 4) is 0 Å². The van der Waals surface area contributed by atoms with Crippen molar-refractivity contribution in [2.75, 3.05) is 7.05 Å². The number of likely N-dealkylation sites (tertiary alicyclic amines) is 1. The average molecular weight is 288 g/mol. The number of aromatic nitrogens is 3. The number of hydrogen-bond acceptors (Lipinski definition) is 5. The molecule has 1 aliphatic rings. The Balaban J connectivity index is 2.08. The van der Waals surface area contributed by atoms with Gasteiger partial charge in [-0.25, -0.2) is 9.48 Å². The average Bonchev–Trinajstić information content (AvgIpc) is 2.88. The second-order valence-electron chi connectivity index (χ2n) is 4.89. The number of carboxylic acids is 1. The van der Waals surface area contributed by atoms with E-state index in [4.69, 9.17) is 5.11 Å². The van der Waals surface area contributed by atoms with Crippen molar-refractivity contribution in [3.05, 3.63) is 23.8 Å².